The van der Waals surface area contributed by atoms with Gasteiger partial charge in [0.25, 0.3) is 5.91 Å². The lowest BCUT2D eigenvalue weighted by molar-refractivity contribution is -0.145. The molecule has 2 unspecified atom stereocenters. The highest BCUT2D eigenvalue weighted by Crippen LogP contribution is 2.28. The number of halogens is 1. The lowest BCUT2D eigenvalue weighted by atomic mass is 10.1. The van der Waals surface area contributed by atoms with Gasteiger partial charge in [0.05, 0.1) is 19.3 Å². The van der Waals surface area contributed by atoms with Gasteiger partial charge in [-0.2, -0.15) is 0 Å². The first kappa shape index (κ1) is 17.9. The molecule has 1 aromatic heterocycles. The van der Waals surface area contributed by atoms with Crippen LogP contribution in [0, 0.1) is 19.7 Å². The summed E-state index contributed by atoms with van der Waals surface area (Å²) in [5.41, 5.74) is 0.750. The minimum absolute atomic E-state index is 0.0766. The number of likely N-dealkylation sites (tertiary alicyclic amines) is 1. The number of benzene rings is 1. The average Bonchev–Trinajstić information content (AvgIpc) is 3.19. The van der Waals surface area contributed by atoms with Crippen molar-refractivity contribution in [3.63, 3.8) is 0 Å². The van der Waals surface area contributed by atoms with Gasteiger partial charge in [-0.05, 0) is 26.0 Å². The van der Waals surface area contributed by atoms with E-state index >= 15 is 0 Å². The second-order valence-electron chi connectivity index (χ2n) is 6.10. The molecular weight excluding hydrogens is 343 g/mol. The molecule has 2 heterocycles. The number of amides is 1. The molecule has 1 aliphatic heterocycles. The largest absolute Gasteiger partial charge is 0.485 e. The molecule has 0 aliphatic carbocycles. The van der Waals surface area contributed by atoms with Crippen molar-refractivity contribution in [1.29, 1.82) is 0 Å². The van der Waals surface area contributed by atoms with Crippen LogP contribution in [0.3, 0.4) is 0 Å². The first-order chi connectivity index (χ1) is 12.4. The number of methoxy groups -OCH3 is 1. The molecule has 0 saturated carbocycles. The number of rotatable bonds is 4. The van der Waals surface area contributed by atoms with E-state index in [0.29, 0.717) is 17.0 Å². The normalized spacial score (nSPS) is 19.5. The van der Waals surface area contributed by atoms with Crippen molar-refractivity contribution in [3.05, 3.63) is 47.1 Å². The second-order valence-corrected chi connectivity index (χ2v) is 6.10. The van der Waals surface area contributed by atoms with Gasteiger partial charge in [-0.1, -0.05) is 17.3 Å². The monoisotopic (exact) mass is 362 g/mol. The maximum atomic E-state index is 13.8. The SMILES string of the molecule is COC(=O)C1CC(Oc2ccccc2F)CN1C(=O)c1c(C)noc1C. The van der Waals surface area contributed by atoms with E-state index in [1.807, 2.05) is 0 Å². The summed E-state index contributed by atoms with van der Waals surface area (Å²) in [5, 5.41) is 3.78. The molecular formula is C18H19FN2O5. The van der Waals surface area contributed by atoms with Crippen molar-refractivity contribution in [2.45, 2.75) is 32.4 Å². The van der Waals surface area contributed by atoms with Crippen molar-refractivity contribution in [3.8, 4) is 5.75 Å². The minimum Gasteiger partial charge on any atom is -0.485 e. The van der Waals surface area contributed by atoms with E-state index < -0.39 is 29.8 Å². The van der Waals surface area contributed by atoms with Gasteiger partial charge in [0.1, 0.15) is 23.5 Å². The van der Waals surface area contributed by atoms with Crippen LogP contribution >= 0.6 is 0 Å². The summed E-state index contributed by atoms with van der Waals surface area (Å²) >= 11 is 0. The number of nitrogens with zero attached hydrogens (tertiary/aromatic N) is 2. The molecule has 1 saturated heterocycles. The van der Waals surface area contributed by atoms with Crippen LogP contribution in [0.4, 0.5) is 4.39 Å². The van der Waals surface area contributed by atoms with Crippen LogP contribution in [0.25, 0.3) is 0 Å². The Morgan fingerprint density at radius 2 is 2.04 bits per heavy atom. The Morgan fingerprint density at radius 1 is 1.31 bits per heavy atom. The number of hydrogen-bond donors (Lipinski definition) is 0. The van der Waals surface area contributed by atoms with Crippen LogP contribution in [-0.2, 0) is 9.53 Å². The Balaban J connectivity index is 1.85. The fourth-order valence-corrected chi connectivity index (χ4v) is 3.12. The lowest BCUT2D eigenvalue weighted by Gasteiger charge is -2.22. The number of carbonyl (C=O) groups excluding carboxylic acids is 2. The Kier molecular flexibility index (Phi) is 4.92. The topological polar surface area (TPSA) is 81.9 Å². The Bertz CT molecular complexity index is 815. The molecule has 7 nitrogen and oxygen atoms in total. The van der Waals surface area contributed by atoms with E-state index in [-0.39, 0.29) is 18.7 Å². The number of aryl methyl sites for hydroxylation is 2. The molecule has 1 aliphatic rings. The molecule has 1 amide bonds. The molecule has 1 fully saturated rings. The predicted molar refractivity (Wildman–Crippen MR) is 88.3 cm³/mol. The molecule has 0 radical (unpaired) electrons. The van der Waals surface area contributed by atoms with Gasteiger partial charge < -0.3 is 18.9 Å². The van der Waals surface area contributed by atoms with Gasteiger partial charge >= 0.3 is 5.97 Å². The maximum Gasteiger partial charge on any atom is 0.328 e. The number of ether oxygens (including phenoxy) is 2. The van der Waals surface area contributed by atoms with E-state index in [1.165, 1.54) is 24.1 Å². The van der Waals surface area contributed by atoms with Crippen LogP contribution in [0.2, 0.25) is 0 Å². The van der Waals surface area contributed by atoms with E-state index in [1.54, 1.807) is 26.0 Å². The third-order valence-electron chi connectivity index (χ3n) is 4.37. The second kappa shape index (κ2) is 7.15. The zero-order valence-corrected chi connectivity index (χ0v) is 14.7. The smallest absolute Gasteiger partial charge is 0.328 e. The van der Waals surface area contributed by atoms with E-state index in [4.69, 9.17) is 14.0 Å². The average molecular weight is 362 g/mol. The van der Waals surface area contributed by atoms with E-state index in [9.17, 15) is 14.0 Å². The molecule has 8 heteroatoms. The highest BCUT2D eigenvalue weighted by Gasteiger charge is 2.43. The Morgan fingerprint density at radius 3 is 2.65 bits per heavy atom. The third kappa shape index (κ3) is 3.26. The maximum absolute atomic E-state index is 13.8. The number of aromatic nitrogens is 1. The molecule has 0 bridgehead atoms. The van der Waals surface area contributed by atoms with Crippen molar-refractivity contribution in [2.24, 2.45) is 0 Å². The summed E-state index contributed by atoms with van der Waals surface area (Å²) in [6.45, 7) is 3.40. The molecule has 138 valence electrons. The summed E-state index contributed by atoms with van der Waals surface area (Å²) in [6.07, 6.45) is -0.337. The Labute approximate surface area is 149 Å². The lowest BCUT2D eigenvalue weighted by Crippen LogP contribution is -2.41. The fraction of sp³-hybridized carbons (Fsp3) is 0.389. The highest BCUT2D eigenvalue weighted by molar-refractivity contribution is 5.98. The first-order valence-corrected chi connectivity index (χ1v) is 8.15. The molecule has 26 heavy (non-hydrogen) atoms. The Hall–Kier alpha value is -2.90. The van der Waals surface area contributed by atoms with Crippen LogP contribution in [0.1, 0.15) is 28.2 Å². The number of hydrogen-bond acceptors (Lipinski definition) is 6. The van der Waals surface area contributed by atoms with Crippen molar-refractivity contribution in [1.82, 2.24) is 10.1 Å². The summed E-state index contributed by atoms with van der Waals surface area (Å²) in [6, 6.07) is 5.17. The summed E-state index contributed by atoms with van der Waals surface area (Å²) in [5.74, 6) is -0.999. The van der Waals surface area contributed by atoms with Crippen molar-refractivity contribution in [2.75, 3.05) is 13.7 Å². The molecule has 0 N–H and O–H groups in total. The number of para-hydroxylation sites is 1. The molecule has 2 aromatic rings. The standard InChI is InChI=1S/C18H19FN2O5/c1-10-16(11(2)26-20-10)17(22)21-9-12(8-14(21)18(23)24-3)25-15-7-5-4-6-13(15)19/h4-7,12,14H,8-9H2,1-3H3. The molecule has 0 spiro atoms. The zero-order valence-electron chi connectivity index (χ0n) is 14.7. The van der Waals surface area contributed by atoms with Gasteiger partial charge in [0.15, 0.2) is 11.6 Å². The van der Waals surface area contributed by atoms with Gasteiger partial charge in [-0.15, -0.1) is 0 Å². The van der Waals surface area contributed by atoms with Crippen molar-refractivity contribution >= 4 is 11.9 Å². The first-order valence-electron chi connectivity index (χ1n) is 8.15. The highest BCUT2D eigenvalue weighted by atomic mass is 19.1. The van der Waals surface area contributed by atoms with E-state index in [2.05, 4.69) is 5.16 Å². The van der Waals surface area contributed by atoms with E-state index in [0.717, 1.165) is 0 Å². The third-order valence-corrected chi connectivity index (χ3v) is 4.37. The fourth-order valence-electron chi connectivity index (χ4n) is 3.12. The molecule has 1 aromatic carbocycles. The van der Waals surface area contributed by atoms with Crippen molar-refractivity contribution < 1.29 is 28.0 Å². The zero-order chi connectivity index (χ0) is 18.8. The minimum atomic E-state index is -0.821. The van der Waals surface area contributed by atoms with Crippen LogP contribution < -0.4 is 4.74 Å². The van der Waals surface area contributed by atoms with Gasteiger partial charge in [0.2, 0.25) is 0 Å². The summed E-state index contributed by atoms with van der Waals surface area (Å²) in [7, 11) is 1.26. The van der Waals surface area contributed by atoms with Gasteiger partial charge in [-0.3, -0.25) is 4.79 Å². The van der Waals surface area contributed by atoms with Crippen LogP contribution in [0.15, 0.2) is 28.8 Å². The van der Waals surface area contributed by atoms with Gasteiger partial charge in [0, 0.05) is 6.42 Å². The summed E-state index contributed by atoms with van der Waals surface area (Å²) in [4.78, 5) is 26.4. The quantitative estimate of drug-likeness (QED) is 0.776. The number of esters is 1. The van der Waals surface area contributed by atoms with Gasteiger partial charge in [-0.25, -0.2) is 9.18 Å². The van der Waals surface area contributed by atoms with Crippen LogP contribution in [0.5, 0.6) is 5.75 Å². The predicted octanol–water partition coefficient (Wildman–Crippen LogP) is 2.27. The van der Waals surface area contributed by atoms with Crippen LogP contribution in [-0.4, -0.2) is 47.7 Å². The molecule has 2 atom stereocenters. The number of carbonyl (C=O) groups is 2. The molecule has 3 rings (SSSR count). The summed E-state index contributed by atoms with van der Waals surface area (Å²) < 4.78 is 29.4.